The maximum Gasteiger partial charge on any atom is 0.115 e. The summed E-state index contributed by atoms with van der Waals surface area (Å²) in [5.74, 6) is 0.329. The van der Waals surface area contributed by atoms with Gasteiger partial charge in [-0.2, -0.15) is 0 Å². The number of aliphatic hydroxyl groups excluding tert-OH is 1. The van der Waals surface area contributed by atoms with Crippen molar-refractivity contribution in [1.29, 1.82) is 0 Å². The van der Waals surface area contributed by atoms with E-state index in [2.05, 4.69) is 19.9 Å². The Kier molecular flexibility index (Phi) is 8.05. The molecule has 1 saturated carbocycles. The molecule has 0 radical (unpaired) electrons. The van der Waals surface area contributed by atoms with E-state index in [0.29, 0.717) is 5.75 Å². The predicted octanol–water partition coefficient (Wildman–Crippen LogP) is 4.91. The van der Waals surface area contributed by atoms with Crippen molar-refractivity contribution in [2.45, 2.75) is 64.9 Å². The molecule has 0 heterocycles. The molecule has 0 aliphatic heterocycles. The Morgan fingerprint density at radius 3 is 2.10 bits per heavy atom. The highest BCUT2D eigenvalue weighted by atomic mass is 16.3. The Labute approximate surface area is 123 Å². The highest BCUT2D eigenvalue weighted by Gasteiger charge is 2.07. The van der Waals surface area contributed by atoms with Crippen molar-refractivity contribution in [3.8, 4) is 5.75 Å². The zero-order chi connectivity index (χ0) is 14.8. The Morgan fingerprint density at radius 2 is 1.70 bits per heavy atom. The summed E-state index contributed by atoms with van der Waals surface area (Å²) in [7, 11) is 0. The summed E-state index contributed by atoms with van der Waals surface area (Å²) in [6.45, 7) is 4.28. The van der Waals surface area contributed by atoms with Crippen LogP contribution in [0.5, 0.6) is 5.75 Å². The van der Waals surface area contributed by atoms with Crippen LogP contribution in [-0.2, 0) is 0 Å². The second-order valence-electron chi connectivity index (χ2n) is 5.33. The third-order valence-corrected chi connectivity index (χ3v) is 3.64. The van der Waals surface area contributed by atoms with Gasteiger partial charge in [0.15, 0.2) is 0 Å². The molecule has 2 N–H and O–H groups in total. The van der Waals surface area contributed by atoms with Crippen LogP contribution >= 0.6 is 0 Å². The van der Waals surface area contributed by atoms with Gasteiger partial charge in [-0.1, -0.05) is 51.3 Å². The lowest BCUT2D eigenvalue weighted by Gasteiger charge is -2.14. The number of allylic oxidation sites excluding steroid dienone is 2. The van der Waals surface area contributed by atoms with E-state index < -0.39 is 0 Å². The summed E-state index contributed by atoms with van der Waals surface area (Å²) in [5, 5.41) is 18.0. The molecule has 0 unspecified atom stereocenters. The van der Waals surface area contributed by atoms with Gasteiger partial charge in [0, 0.05) is 0 Å². The molecule has 112 valence electrons. The Balaban J connectivity index is 0.000000240. The first-order valence-electron chi connectivity index (χ1n) is 7.83. The van der Waals surface area contributed by atoms with Crippen molar-refractivity contribution in [2.24, 2.45) is 0 Å². The van der Waals surface area contributed by atoms with Crippen LogP contribution < -0.4 is 0 Å². The summed E-state index contributed by atoms with van der Waals surface area (Å²) >= 11 is 0. The zero-order valence-electron chi connectivity index (χ0n) is 12.8. The van der Waals surface area contributed by atoms with Gasteiger partial charge in [0.05, 0.1) is 6.10 Å². The van der Waals surface area contributed by atoms with Crippen LogP contribution in [0.3, 0.4) is 0 Å². The topological polar surface area (TPSA) is 40.5 Å². The van der Waals surface area contributed by atoms with Crippen molar-refractivity contribution >= 4 is 5.57 Å². The van der Waals surface area contributed by atoms with Gasteiger partial charge in [-0.15, -0.1) is 0 Å². The summed E-state index contributed by atoms with van der Waals surface area (Å²) in [4.78, 5) is 0. The molecule has 1 fully saturated rings. The lowest BCUT2D eigenvalue weighted by Crippen LogP contribution is -2.09. The van der Waals surface area contributed by atoms with E-state index in [1.807, 2.05) is 12.1 Å². The molecule has 2 nitrogen and oxygen atoms in total. The average Bonchev–Trinajstić information content (AvgIpc) is 2.47. The third-order valence-electron chi connectivity index (χ3n) is 3.64. The second-order valence-corrected chi connectivity index (χ2v) is 5.33. The van der Waals surface area contributed by atoms with E-state index in [1.165, 1.54) is 30.4 Å². The van der Waals surface area contributed by atoms with Gasteiger partial charge in [-0.05, 0) is 49.0 Å². The van der Waals surface area contributed by atoms with E-state index in [0.717, 1.165) is 25.7 Å². The summed E-state index contributed by atoms with van der Waals surface area (Å²) in [5.41, 5.74) is 2.56. The first-order chi connectivity index (χ1) is 9.67. The number of aromatic hydroxyl groups is 1. The van der Waals surface area contributed by atoms with Crippen LogP contribution in [0.4, 0.5) is 0 Å². The fourth-order valence-electron chi connectivity index (χ4n) is 2.47. The van der Waals surface area contributed by atoms with Crippen molar-refractivity contribution in [2.75, 3.05) is 0 Å². The third kappa shape index (κ3) is 6.25. The molecule has 0 saturated heterocycles. The molecule has 0 atom stereocenters. The van der Waals surface area contributed by atoms with Gasteiger partial charge in [-0.25, -0.2) is 0 Å². The quantitative estimate of drug-likeness (QED) is 0.823. The molecular weight excluding hydrogens is 248 g/mol. The summed E-state index contributed by atoms with van der Waals surface area (Å²) in [6.07, 6.45) is 10.3. The smallest absolute Gasteiger partial charge is 0.115 e. The number of rotatable bonds is 3. The number of benzene rings is 1. The lowest BCUT2D eigenvalue weighted by molar-refractivity contribution is 0.130. The maximum atomic E-state index is 9.12. The Bertz CT molecular complexity index is 386. The first-order valence-corrected chi connectivity index (χ1v) is 7.83. The molecule has 2 heteroatoms. The van der Waals surface area contributed by atoms with E-state index in [9.17, 15) is 0 Å². The molecule has 2 rings (SSSR count). The molecule has 1 aliphatic rings. The van der Waals surface area contributed by atoms with E-state index in [-0.39, 0.29) is 6.10 Å². The summed E-state index contributed by atoms with van der Waals surface area (Å²) in [6, 6.07) is 7.38. The molecule has 0 amide bonds. The van der Waals surface area contributed by atoms with Gasteiger partial charge >= 0.3 is 0 Å². The molecule has 1 aromatic rings. The Morgan fingerprint density at radius 1 is 1.10 bits per heavy atom. The molecule has 1 aromatic carbocycles. The number of hydrogen-bond acceptors (Lipinski definition) is 2. The minimum absolute atomic E-state index is 0.0359. The molecular formula is C18H28O2. The van der Waals surface area contributed by atoms with E-state index in [4.69, 9.17) is 10.2 Å². The minimum atomic E-state index is 0.0359. The van der Waals surface area contributed by atoms with Crippen LogP contribution in [0.25, 0.3) is 5.57 Å². The van der Waals surface area contributed by atoms with Gasteiger partial charge in [0.2, 0.25) is 0 Å². The van der Waals surface area contributed by atoms with E-state index in [1.54, 1.807) is 12.1 Å². The van der Waals surface area contributed by atoms with Crippen molar-refractivity contribution in [1.82, 2.24) is 0 Å². The van der Waals surface area contributed by atoms with Crippen LogP contribution in [0.1, 0.15) is 64.4 Å². The summed E-state index contributed by atoms with van der Waals surface area (Å²) < 4.78 is 0. The van der Waals surface area contributed by atoms with Crippen molar-refractivity contribution < 1.29 is 10.2 Å². The fraction of sp³-hybridized carbons (Fsp3) is 0.556. The molecule has 0 bridgehead atoms. The van der Waals surface area contributed by atoms with Crippen LogP contribution in [0.15, 0.2) is 30.3 Å². The van der Waals surface area contributed by atoms with E-state index >= 15 is 0 Å². The maximum absolute atomic E-state index is 9.12. The fourth-order valence-corrected chi connectivity index (χ4v) is 2.47. The monoisotopic (exact) mass is 276 g/mol. The van der Waals surface area contributed by atoms with Gasteiger partial charge in [0.25, 0.3) is 0 Å². The molecule has 1 aliphatic carbocycles. The zero-order valence-corrected chi connectivity index (χ0v) is 12.8. The SMILES string of the molecule is CC/C=C(/CC)c1ccc(O)cc1.OC1CCCCC1. The highest BCUT2D eigenvalue weighted by Crippen LogP contribution is 2.20. The predicted molar refractivity (Wildman–Crippen MR) is 85.8 cm³/mol. The number of phenolic OH excluding ortho intramolecular Hbond substituents is 1. The van der Waals surface area contributed by atoms with Gasteiger partial charge in [0.1, 0.15) is 5.75 Å². The normalized spacial score (nSPS) is 16.4. The van der Waals surface area contributed by atoms with Crippen LogP contribution in [-0.4, -0.2) is 16.3 Å². The van der Waals surface area contributed by atoms with Crippen molar-refractivity contribution in [3.05, 3.63) is 35.9 Å². The second kappa shape index (κ2) is 9.60. The number of aliphatic hydroxyl groups is 1. The molecule has 20 heavy (non-hydrogen) atoms. The van der Waals surface area contributed by atoms with Crippen LogP contribution in [0, 0.1) is 0 Å². The minimum Gasteiger partial charge on any atom is -0.508 e. The van der Waals surface area contributed by atoms with Crippen molar-refractivity contribution in [3.63, 3.8) is 0 Å². The highest BCUT2D eigenvalue weighted by molar-refractivity contribution is 5.65. The average molecular weight is 276 g/mol. The number of hydrogen-bond donors (Lipinski definition) is 2. The largest absolute Gasteiger partial charge is 0.508 e. The lowest BCUT2D eigenvalue weighted by atomic mass is 9.98. The first kappa shape index (κ1) is 16.8. The van der Waals surface area contributed by atoms with Crippen LogP contribution in [0.2, 0.25) is 0 Å². The standard InChI is InChI=1S/C12H16O.C6H12O/c1-3-5-10(4-2)11-6-8-12(13)9-7-11;7-6-4-2-1-3-5-6/h5-9,13H,3-4H2,1-2H3;6-7H,1-5H2/b10-5-;. The Hall–Kier alpha value is -1.28. The molecule has 0 aromatic heterocycles. The van der Waals surface area contributed by atoms with Gasteiger partial charge in [-0.3, -0.25) is 0 Å². The number of phenols is 1. The molecule has 0 spiro atoms. The van der Waals surface area contributed by atoms with Gasteiger partial charge < -0.3 is 10.2 Å².